The summed E-state index contributed by atoms with van der Waals surface area (Å²) in [6, 6.07) is 6.50. The van der Waals surface area contributed by atoms with E-state index in [0.29, 0.717) is 17.2 Å². The van der Waals surface area contributed by atoms with Crippen LogP contribution in [0.15, 0.2) is 30.3 Å². The van der Waals surface area contributed by atoms with Crippen LogP contribution in [-0.2, 0) is 9.53 Å². The van der Waals surface area contributed by atoms with Crippen molar-refractivity contribution >= 4 is 12.0 Å². The molecule has 0 fully saturated rings. The van der Waals surface area contributed by atoms with Crippen LogP contribution in [-0.4, -0.2) is 24.4 Å². The molecular formula is C13H10F6O2. The van der Waals surface area contributed by atoms with Gasteiger partial charge in [-0.1, -0.05) is 24.3 Å². The molecule has 1 aromatic rings. The van der Waals surface area contributed by atoms with Crippen molar-refractivity contribution in [2.24, 2.45) is 0 Å². The molecule has 0 saturated carbocycles. The maximum absolute atomic E-state index is 12.2. The fraction of sp³-hybridized carbons (Fsp3) is 0.308. The summed E-state index contributed by atoms with van der Waals surface area (Å²) in [5.74, 6) is -1.72. The van der Waals surface area contributed by atoms with Gasteiger partial charge in [0.15, 0.2) is 0 Å². The average molecular weight is 312 g/mol. The monoisotopic (exact) mass is 312 g/mol. The van der Waals surface area contributed by atoms with E-state index < -0.39 is 24.4 Å². The van der Waals surface area contributed by atoms with Gasteiger partial charge in [-0.15, -0.1) is 0 Å². The van der Waals surface area contributed by atoms with Gasteiger partial charge in [-0.2, -0.15) is 26.3 Å². The lowest BCUT2D eigenvalue weighted by molar-refractivity contribution is -0.312. The number of hydrogen-bond donors (Lipinski definition) is 0. The molecule has 0 N–H and O–H groups in total. The summed E-state index contributed by atoms with van der Waals surface area (Å²) in [5, 5.41) is 0. The second kappa shape index (κ2) is 6.19. The summed E-state index contributed by atoms with van der Waals surface area (Å²) in [7, 11) is 0. The van der Waals surface area contributed by atoms with Crippen molar-refractivity contribution < 1.29 is 35.9 Å². The molecule has 8 heteroatoms. The standard InChI is InChI=1S/C13H10F6O2/c1-8-4-2-3-5-9(8)6-7-10(20)21-11(12(14,15)16)13(17,18)19/h2-7,11H,1H3/b7-6+. The predicted octanol–water partition coefficient (Wildman–Crippen LogP) is 4.04. The van der Waals surface area contributed by atoms with E-state index in [-0.39, 0.29) is 0 Å². The van der Waals surface area contributed by atoms with E-state index in [1.807, 2.05) is 0 Å². The van der Waals surface area contributed by atoms with Crippen LogP contribution in [0.1, 0.15) is 11.1 Å². The number of esters is 1. The minimum atomic E-state index is -5.72. The molecule has 2 nitrogen and oxygen atoms in total. The molecule has 0 amide bonds. The molecule has 1 aromatic carbocycles. The Morgan fingerprint density at radius 3 is 2.10 bits per heavy atom. The molecular weight excluding hydrogens is 302 g/mol. The molecule has 0 atom stereocenters. The second-order valence-corrected chi connectivity index (χ2v) is 4.09. The van der Waals surface area contributed by atoms with Crippen molar-refractivity contribution in [3.63, 3.8) is 0 Å². The molecule has 0 aliphatic rings. The largest absolute Gasteiger partial charge is 0.440 e. The van der Waals surface area contributed by atoms with Crippen molar-refractivity contribution in [2.75, 3.05) is 0 Å². The van der Waals surface area contributed by atoms with E-state index >= 15 is 0 Å². The van der Waals surface area contributed by atoms with E-state index in [1.54, 1.807) is 31.2 Å². The Morgan fingerprint density at radius 2 is 1.62 bits per heavy atom. The van der Waals surface area contributed by atoms with Gasteiger partial charge in [-0.3, -0.25) is 0 Å². The Hall–Kier alpha value is -1.99. The summed E-state index contributed by atoms with van der Waals surface area (Å²) in [4.78, 5) is 11.1. The zero-order valence-corrected chi connectivity index (χ0v) is 10.6. The Morgan fingerprint density at radius 1 is 1.10 bits per heavy atom. The summed E-state index contributed by atoms with van der Waals surface area (Å²) in [5.41, 5.74) is 1.18. The zero-order chi connectivity index (χ0) is 16.3. The summed E-state index contributed by atoms with van der Waals surface area (Å²) < 4.78 is 76.6. The van der Waals surface area contributed by atoms with Gasteiger partial charge in [0, 0.05) is 6.08 Å². The highest BCUT2D eigenvalue weighted by Crippen LogP contribution is 2.35. The molecule has 0 aromatic heterocycles. The highest BCUT2D eigenvalue weighted by atomic mass is 19.4. The Balaban J connectivity index is 2.83. The number of hydrogen-bond acceptors (Lipinski definition) is 2. The van der Waals surface area contributed by atoms with Crippen molar-refractivity contribution in [1.82, 2.24) is 0 Å². The third-order valence-corrected chi connectivity index (χ3v) is 2.42. The van der Waals surface area contributed by atoms with Gasteiger partial charge in [0.2, 0.25) is 0 Å². The molecule has 0 spiro atoms. The van der Waals surface area contributed by atoms with E-state index in [0.717, 1.165) is 6.08 Å². The van der Waals surface area contributed by atoms with Crippen LogP contribution in [0, 0.1) is 6.92 Å². The Kier molecular flexibility index (Phi) is 5.03. The molecule has 0 heterocycles. The fourth-order valence-corrected chi connectivity index (χ4v) is 1.41. The first-order valence-corrected chi connectivity index (χ1v) is 5.59. The predicted molar refractivity (Wildman–Crippen MR) is 62.2 cm³/mol. The maximum Gasteiger partial charge on any atom is 0.434 e. The summed E-state index contributed by atoms with van der Waals surface area (Å²) in [6.07, 6.45) is -14.0. The fourth-order valence-electron chi connectivity index (χ4n) is 1.41. The molecule has 0 bridgehead atoms. The molecule has 0 unspecified atom stereocenters. The lowest BCUT2D eigenvalue weighted by Gasteiger charge is -2.22. The molecule has 0 aliphatic heterocycles. The first kappa shape index (κ1) is 17.1. The second-order valence-electron chi connectivity index (χ2n) is 4.09. The molecule has 0 aliphatic carbocycles. The minimum absolute atomic E-state index is 0.477. The van der Waals surface area contributed by atoms with Crippen molar-refractivity contribution in [1.29, 1.82) is 0 Å². The van der Waals surface area contributed by atoms with Crippen LogP contribution in [0.3, 0.4) is 0 Å². The lowest BCUT2D eigenvalue weighted by atomic mass is 10.1. The molecule has 0 saturated heterocycles. The number of benzene rings is 1. The maximum atomic E-state index is 12.2. The van der Waals surface area contributed by atoms with Crippen LogP contribution in [0.25, 0.3) is 6.08 Å². The smallest absolute Gasteiger partial charge is 0.434 e. The summed E-state index contributed by atoms with van der Waals surface area (Å²) >= 11 is 0. The zero-order valence-electron chi connectivity index (χ0n) is 10.6. The van der Waals surface area contributed by atoms with Gasteiger partial charge in [-0.25, -0.2) is 4.79 Å². The van der Waals surface area contributed by atoms with E-state index in [1.165, 1.54) is 0 Å². The summed E-state index contributed by atoms with van der Waals surface area (Å²) in [6.45, 7) is 1.67. The van der Waals surface area contributed by atoms with Gasteiger partial charge < -0.3 is 4.74 Å². The first-order valence-electron chi connectivity index (χ1n) is 5.59. The molecule has 116 valence electrons. The number of carbonyl (C=O) groups excluding carboxylic acids is 1. The number of carbonyl (C=O) groups is 1. The third kappa shape index (κ3) is 5.13. The van der Waals surface area contributed by atoms with Gasteiger partial charge in [-0.05, 0) is 24.1 Å². The normalized spacial score (nSPS) is 13.0. The van der Waals surface area contributed by atoms with Crippen LogP contribution < -0.4 is 0 Å². The number of aryl methyl sites for hydroxylation is 1. The molecule has 0 radical (unpaired) electrons. The third-order valence-electron chi connectivity index (χ3n) is 2.42. The SMILES string of the molecule is Cc1ccccc1/C=C/C(=O)OC(C(F)(F)F)C(F)(F)F. The number of ether oxygens (including phenoxy) is 1. The number of alkyl halides is 6. The quantitative estimate of drug-likeness (QED) is 0.478. The van der Waals surface area contributed by atoms with Crippen LogP contribution in [0.5, 0.6) is 0 Å². The van der Waals surface area contributed by atoms with Crippen LogP contribution >= 0.6 is 0 Å². The van der Waals surface area contributed by atoms with Crippen LogP contribution in [0.2, 0.25) is 0 Å². The van der Waals surface area contributed by atoms with Crippen molar-refractivity contribution in [2.45, 2.75) is 25.4 Å². The van der Waals surface area contributed by atoms with Crippen LogP contribution in [0.4, 0.5) is 26.3 Å². The molecule has 1 rings (SSSR count). The average Bonchev–Trinajstić information content (AvgIpc) is 2.32. The van der Waals surface area contributed by atoms with Crippen molar-refractivity contribution in [3.8, 4) is 0 Å². The van der Waals surface area contributed by atoms with E-state index in [4.69, 9.17) is 0 Å². The number of rotatable bonds is 3. The first-order chi connectivity index (χ1) is 9.51. The number of halogens is 6. The van der Waals surface area contributed by atoms with Gasteiger partial charge >= 0.3 is 18.3 Å². The Labute approximate surface area is 116 Å². The highest BCUT2D eigenvalue weighted by Gasteiger charge is 2.59. The topological polar surface area (TPSA) is 26.3 Å². The van der Waals surface area contributed by atoms with E-state index in [2.05, 4.69) is 4.74 Å². The minimum Gasteiger partial charge on any atom is -0.440 e. The lowest BCUT2D eigenvalue weighted by Crippen LogP contribution is -2.45. The molecule has 21 heavy (non-hydrogen) atoms. The van der Waals surface area contributed by atoms with Crippen molar-refractivity contribution in [3.05, 3.63) is 41.5 Å². The van der Waals surface area contributed by atoms with E-state index in [9.17, 15) is 31.1 Å². The highest BCUT2D eigenvalue weighted by molar-refractivity contribution is 5.87. The Bertz CT molecular complexity index is 516. The van der Waals surface area contributed by atoms with Gasteiger partial charge in [0.1, 0.15) is 0 Å². The van der Waals surface area contributed by atoms with Gasteiger partial charge in [0.05, 0.1) is 0 Å². The van der Waals surface area contributed by atoms with Gasteiger partial charge in [0.25, 0.3) is 6.10 Å².